The summed E-state index contributed by atoms with van der Waals surface area (Å²) in [6.07, 6.45) is -2.89. The number of ether oxygens (including phenoxy) is 2. The largest absolute Gasteiger partial charge is 0.463 e. The lowest BCUT2D eigenvalue weighted by atomic mass is 10.1. The topological polar surface area (TPSA) is 150 Å². The Bertz CT molecular complexity index is 591. The molecular formula is C12H18N4O6. The van der Waals surface area contributed by atoms with Gasteiger partial charge >= 0.3 is 11.7 Å². The van der Waals surface area contributed by atoms with Crippen LogP contribution in [-0.4, -0.2) is 55.6 Å². The van der Waals surface area contributed by atoms with Crippen molar-refractivity contribution in [3.05, 3.63) is 16.8 Å². The van der Waals surface area contributed by atoms with Crippen molar-refractivity contribution in [1.82, 2.24) is 14.5 Å². The molecule has 1 aromatic heterocycles. The van der Waals surface area contributed by atoms with Gasteiger partial charge in [0.1, 0.15) is 31.2 Å². The quantitative estimate of drug-likeness (QED) is 0.534. The van der Waals surface area contributed by atoms with Gasteiger partial charge in [-0.05, 0) is 6.42 Å². The minimum absolute atomic E-state index is 0.209. The number of aliphatic hydroxyl groups excluding tert-OH is 2. The van der Waals surface area contributed by atoms with Crippen LogP contribution in [0, 0.1) is 0 Å². The molecule has 122 valence electrons. The molecule has 0 unspecified atom stereocenters. The van der Waals surface area contributed by atoms with E-state index in [-0.39, 0.29) is 19.0 Å². The molecular weight excluding hydrogens is 296 g/mol. The van der Waals surface area contributed by atoms with Crippen molar-refractivity contribution < 1.29 is 24.5 Å². The predicted molar refractivity (Wildman–Crippen MR) is 72.5 cm³/mol. The summed E-state index contributed by atoms with van der Waals surface area (Å²) in [5, 5.41) is 19.9. The minimum atomic E-state index is -1.39. The molecule has 0 radical (unpaired) electrons. The molecule has 0 aliphatic carbocycles. The fourth-order valence-electron chi connectivity index (χ4n) is 2.08. The van der Waals surface area contributed by atoms with E-state index in [2.05, 4.69) is 9.97 Å². The van der Waals surface area contributed by atoms with Crippen LogP contribution < -0.4 is 11.4 Å². The van der Waals surface area contributed by atoms with Crippen LogP contribution in [0.15, 0.2) is 11.1 Å². The molecule has 0 amide bonds. The van der Waals surface area contributed by atoms with Crippen LogP contribution in [0.25, 0.3) is 0 Å². The van der Waals surface area contributed by atoms with Crippen molar-refractivity contribution in [2.45, 2.75) is 44.3 Å². The molecule has 2 rings (SSSR count). The van der Waals surface area contributed by atoms with Gasteiger partial charge in [0, 0.05) is 6.42 Å². The van der Waals surface area contributed by atoms with Gasteiger partial charge < -0.3 is 25.4 Å². The number of rotatable bonds is 5. The summed E-state index contributed by atoms with van der Waals surface area (Å²) in [7, 11) is 0. The Kier molecular flexibility index (Phi) is 5.06. The molecule has 0 saturated carbocycles. The smallest absolute Gasteiger partial charge is 0.354 e. The van der Waals surface area contributed by atoms with Gasteiger partial charge in [-0.2, -0.15) is 4.98 Å². The zero-order valence-electron chi connectivity index (χ0n) is 12.0. The van der Waals surface area contributed by atoms with Crippen LogP contribution in [-0.2, 0) is 14.3 Å². The Balaban J connectivity index is 2.06. The average molecular weight is 314 g/mol. The molecule has 1 aliphatic rings. The van der Waals surface area contributed by atoms with Crippen molar-refractivity contribution >= 4 is 11.9 Å². The van der Waals surface area contributed by atoms with Gasteiger partial charge in [0.25, 0.3) is 0 Å². The maximum absolute atomic E-state index is 11.7. The monoisotopic (exact) mass is 314 g/mol. The summed E-state index contributed by atoms with van der Waals surface area (Å²) in [5.74, 6) is -0.636. The number of aromatic nitrogens is 3. The Morgan fingerprint density at radius 3 is 2.86 bits per heavy atom. The second-order valence-corrected chi connectivity index (χ2v) is 4.88. The third-order valence-electron chi connectivity index (χ3n) is 3.22. The van der Waals surface area contributed by atoms with Crippen molar-refractivity contribution in [2.75, 3.05) is 12.3 Å². The van der Waals surface area contributed by atoms with E-state index in [1.807, 2.05) is 6.92 Å². The lowest BCUT2D eigenvalue weighted by Gasteiger charge is -2.16. The lowest BCUT2D eigenvalue weighted by molar-refractivity contribution is -0.150. The first-order chi connectivity index (χ1) is 10.4. The number of esters is 1. The third kappa shape index (κ3) is 3.40. The predicted octanol–water partition coefficient (Wildman–Crippen LogP) is -1.82. The molecule has 1 aromatic rings. The number of carbonyl (C=O) groups excluding carboxylic acids is 1. The van der Waals surface area contributed by atoms with Gasteiger partial charge in [-0.3, -0.25) is 9.36 Å². The molecule has 1 aliphatic heterocycles. The molecule has 1 saturated heterocycles. The van der Waals surface area contributed by atoms with Gasteiger partial charge in [-0.25, -0.2) is 9.78 Å². The van der Waals surface area contributed by atoms with E-state index in [4.69, 9.17) is 15.2 Å². The van der Waals surface area contributed by atoms with E-state index in [0.29, 0.717) is 6.42 Å². The van der Waals surface area contributed by atoms with Gasteiger partial charge in [-0.15, -0.1) is 0 Å². The normalized spacial score (nSPS) is 27.8. The second kappa shape index (κ2) is 6.81. The highest BCUT2D eigenvalue weighted by molar-refractivity contribution is 5.69. The maximum Gasteiger partial charge on any atom is 0.354 e. The van der Waals surface area contributed by atoms with E-state index in [1.165, 1.54) is 0 Å². The number of nitrogens with zero attached hydrogens (tertiary/aromatic N) is 3. The highest BCUT2D eigenvalue weighted by Gasteiger charge is 2.44. The van der Waals surface area contributed by atoms with Crippen LogP contribution in [0.3, 0.4) is 0 Å². The number of nitrogens with two attached hydrogens (primary N) is 1. The summed E-state index contributed by atoms with van der Waals surface area (Å²) in [6.45, 7) is 1.60. The highest BCUT2D eigenvalue weighted by atomic mass is 16.6. The van der Waals surface area contributed by atoms with Gasteiger partial charge in [0.2, 0.25) is 5.95 Å². The molecule has 10 heteroatoms. The molecule has 22 heavy (non-hydrogen) atoms. The van der Waals surface area contributed by atoms with E-state index in [0.717, 1.165) is 10.9 Å². The van der Waals surface area contributed by atoms with Crippen LogP contribution in [0.5, 0.6) is 0 Å². The third-order valence-corrected chi connectivity index (χ3v) is 3.22. The molecule has 1 fully saturated rings. The number of anilines is 1. The summed E-state index contributed by atoms with van der Waals surface area (Å²) in [6, 6.07) is 0. The fourth-order valence-corrected chi connectivity index (χ4v) is 2.08. The molecule has 10 nitrogen and oxygen atoms in total. The van der Waals surface area contributed by atoms with Crippen molar-refractivity contribution in [2.24, 2.45) is 0 Å². The summed E-state index contributed by atoms with van der Waals surface area (Å²) >= 11 is 0. The molecule has 0 aromatic carbocycles. The van der Waals surface area contributed by atoms with Crippen molar-refractivity contribution in [3.63, 3.8) is 0 Å². The lowest BCUT2D eigenvalue weighted by Crippen LogP contribution is -2.36. The summed E-state index contributed by atoms with van der Waals surface area (Å²) in [5.41, 5.74) is 4.51. The summed E-state index contributed by atoms with van der Waals surface area (Å²) < 4.78 is 11.2. The van der Waals surface area contributed by atoms with Crippen LogP contribution >= 0.6 is 0 Å². The molecule has 0 spiro atoms. The Hall–Kier alpha value is -2.04. The Morgan fingerprint density at radius 1 is 1.50 bits per heavy atom. The zero-order chi connectivity index (χ0) is 16.3. The van der Waals surface area contributed by atoms with E-state index >= 15 is 0 Å². The highest BCUT2D eigenvalue weighted by Crippen LogP contribution is 2.28. The van der Waals surface area contributed by atoms with Crippen LogP contribution in [0.2, 0.25) is 0 Å². The molecule has 4 N–H and O–H groups in total. The Morgan fingerprint density at radius 2 is 2.23 bits per heavy atom. The van der Waals surface area contributed by atoms with E-state index in [1.54, 1.807) is 0 Å². The number of hydrogen-bond donors (Lipinski definition) is 3. The van der Waals surface area contributed by atoms with E-state index < -0.39 is 36.2 Å². The first-order valence-electron chi connectivity index (χ1n) is 6.82. The van der Waals surface area contributed by atoms with Gasteiger partial charge in [0.15, 0.2) is 6.23 Å². The maximum atomic E-state index is 11.7. The van der Waals surface area contributed by atoms with Gasteiger partial charge in [0.05, 0.1) is 0 Å². The first-order valence-corrected chi connectivity index (χ1v) is 6.82. The van der Waals surface area contributed by atoms with Crippen LogP contribution in [0.1, 0.15) is 26.0 Å². The number of aliphatic hydroxyl groups is 2. The summed E-state index contributed by atoms with van der Waals surface area (Å²) in [4.78, 5) is 30.1. The van der Waals surface area contributed by atoms with Crippen molar-refractivity contribution in [3.8, 4) is 0 Å². The zero-order valence-corrected chi connectivity index (χ0v) is 12.0. The number of hydrogen-bond acceptors (Lipinski definition) is 9. The van der Waals surface area contributed by atoms with Gasteiger partial charge in [-0.1, -0.05) is 6.92 Å². The van der Waals surface area contributed by atoms with Crippen LogP contribution in [0.4, 0.5) is 5.95 Å². The fraction of sp³-hybridized carbons (Fsp3) is 0.667. The van der Waals surface area contributed by atoms with E-state index in [9.17, 15) is 19.8 Å². The molecule has 4 atom stereocenters. The standard InChI is InChI=1S/C12H18N4O6/c1-2-3-7(17)21-4-6-8(18)9(19)10(22-6)16-5-14-11(13)15-12(16)20/h5-6,8-10,18-19H,2-4H2,1H3,(H2,13,15,20)/t6-,8-,9-,10-/m1/s1. The molecule has 2 heterocycles. The average Bonchev–Trinajstić information content (AvgIpc) is 2.74. The Labute approximate surface area is 125 Å². The minimum Gasteiger partial charge on any atom is -0.463 e. The first kappa shape index (κ1) is 16.3. The SMILES string of the molecule is CCCC(=O)OC[C@H]1O[C@@H](n2cnc(N)nc2=O)[C@H](O)[C@@H]1O. The molecule has 0 bridgehead atoms. The second-order valence-electron chi connectivity index (χ2n) is 4.88. The number of nitrogen functional groups attached to an aromatic ring is 1. The number of carbonyl (C=O) groups is 1. The van der Waals surface area contributed by atoms with Crippen molar-refractivity contribution in [1.29, 1.82) is 0 Å².